The molecule has 3 aromatic rings. The molecule has 3 heteroatoms. The van der Waals surface area contributed by atoms with Crippen LogP contribution < -0.4 is 4.57 Å². The first kappa shape index (κ1) is 12.4. The zero-order chi connectivity index (χ0) is 13.9. The molecule has 0 spiro atoms. The molecule has 0 unspecified atom stereocenters. The number of aromatic nitrogens is 1. The van der Waals surface area contributed by atoms with Crippen molar-refractivity contribution in [2.75, 3.05) is 0 Å². The summed E-state index contributed by atoms with van der Waals surface area (Å²) in [5.74, 6) is 0.203. The van der Waals surface area contributed by atoms with Crippen LogP contribution in [0.15, 0.2) is 67.0 Å². The van der Waals surface area contributed by atoms with E-state index in [1.165, 1.54) is 0 Å². The molecule has 0 saturated carbocycles. The number of pyridine rings is 1. The van der Waals surface area contributed by atoms with Crippen LogP contribution in [0.5, 0.6) is 5.75 Å². The van der Waals surface area contributed by atoms with Crippen LogP contribution in [0.3, 0.4) is 0 Å². The first-order valence-electron chi connectivity index (χ1n) is 6.43. The summed E-state index contributed by atoms with van der Waals surface area (Å²) in [5.41, 5.74) is 0.674. The van der Waals surface area contributed by atoms with Gasteiger partial charge in [-0.25, -0.2) is 0 Å². The predicted octanol–water partition coefficient (Wildman–Crippen LogP) is 2.72. The Kier molecular flexibility index (Phi) is 3.17. The maximum absolute atomic E-state index is 12.2. The zero-order valence-corrected chi connectivity index (χ0v) is 10.9. The van der Waals surface area contributed by atoms with E-state index in [1.807, 2.05) is 48.7 Å². The van der Waals surface area contributed by atoms with Gasteiger partial charge in [-0.05, 0) is 6.07 Å². The van der Waals surface area contributed by atoms with Gasteiger partial charge in [-0.2, -0.15) is 4.57 Å². The lowest BCUT2D eigenvalue weighted by molar-refractivity contribution is -0.682. The van der Waals surface area contributed by atoms with Crippen LogP contribution in [0.2, 0.25) is 0 Å². The van der Waals surface area contributed by atoms with Crippen molar-refractivity contribution >= 4 is 16.6 Å². The van der Waals surface area contributed by atoms with Gasteiger partial charge in [0.15, 0.2) is 11.9 Å². The van der Waals surface area contributed by atoms with Gasteiger partial charge in [0.1, 0.15) is 0 Å². The highest BCUT2D eigenvalue weighted by molar-refractivity contribution is 5.95. The molecule has 0 bridgehead atoms. The second-order valence-corrected chi connectivity index (χ2v) is 4.69. The van der Waals surface area contributed by atoms with E-state index in [4.69, 9.17) is 0 Å². The van der Waals surface area contributed by atoms with E-state index >= 15 is 0 Å². The average Bonchev–Trinajstić information content (AvgIpc) is 2.48. The lowest BCUT2D eigenvalue weighted by atomic mass is 10.1. The maximum Gasteiger partial charge on any atom is 0.227 e. The van der Waals surface area contributed by atoms with Crippen LogP contribution >= 0.6 is 0 Å². The van der Waals surface area contributed by atoms with E-state index < -0.39 is 0 Å². The van der Waals surface area contributed by atoms with Crippen molar-refractivity contribution in [1.29, 1.82) is 0 Å². The molecule has 1 N–H and O–H groups in total. The second-order valence-electron chi connectivity index (χ2n) is 4.69. The van der Waals surface area contributed by atoms with E-state index in [2.05, 4.69) is 0 Å². The van der Waals surface area contributed by atoms with Crippen molar-refractivity contribution in [2.24, 2.45) is 0 Å². The van der Waals surface area contributed by atoms with Crippen molar-refractivity contribution in [3.05, 3.63) is 72.6 Å². The molecule has 0 aliphatic carbocycles. The normalized spacial score (nSPS) is 10.6. The molecule has 0 fully saturated rings. The van der Waals surface area contributed by atoms with Gasteiger partial charge < -0.3 is 5.11 Å². The van der Waals surface area contributed by atoms with Crippen LogP contribution in [-0.2, 0) is 6.54 Å². The number of aromatic hydroxyl groups is 1. The van der Waals surface area contributed by atoms with Gasteiger partial charge in [-0.15, -0.1) is 0 Å². The largest absolute Gasteiger partial charge is 0.502 e. The third-order valence-electron chi connectivity index (χ3n) is 3.25. The van der Waals surface area contributed by atoms with E-state index in [0.717, 1.165) is 10.8 Å². The molecule has 0 aliphatic rings. The summed E-state index contributed by atoms with van der Waals surface area (Å²) < 4.78 is 1.72. The summed E-state index contributed by atoms with van der Waals surface area (Å²) in [6.45, 7) is 0.211. The Bertz CT molecular complexity index is 766. The molecule has 0 saturated heterocycles. The van der Waals surface area contributed by atoms with Gasteiger partial charge >= 0.3 is 0 Å². The lowest BCUT2D eigenvalue weighted by Crippen LogP contribution is -2.37. The fourth-order valence-electron chi connectivity index (χ4n) is 2.26. The molecular formula is C17H14NO2+. The van der Waals surface area contributed by atoms with E-state index in [0.29, 0.717) is 5.56 Å². The first-order valence-corrected chi connectivity index (χ1v) is 6.43. The van der Waals surface area contributed by atoms with E-state index in [9.17, 15) is 9.90 Å². The molecule has 2 aromatic carbocycles. The van der Waals surface area contributed by atoms with Crippen molar-refractivity contribution < 1.29 is 14.5 Å². The minimum absolute atomic E-state index is 0.0188. The zero-order valence-electron chi connectivity index (χ0n) is 10.9. The highest BCUT2D eigenvalue weighted by Crippen LogP contribution is 2.21. The van der Waals surface area contributed by atoms with Crippen LogP contribution in [0.4, 0.5) is 0 Å². The number of Topliss-reactive ketones (excluding diaryl/α,β-unsaturated/α-hetero) is 1. The Morgan fingerprint density at radius 2 is 1.65 bits per heavy atom. The maximum atomic E-state index is 12.2. The number of benzene rings is 2. The predicted molar refractivity (Wildman–Crippen MR) is 76.6 cm³/mol. The molecule has 3 rings (SSSR count). The Labute approximate surface area is 116 Å². The number of carbonyl (C=O) groups is 1. The van der Waals surface area contributed by atoms with Gasteiger partial charge in [-0.1, -0.05) is 48.5 Å². The van der Waals surface area contributed by atoms with Gasteiger partial charge in [0.25, 0.3) is 0 Å². The standard InChI is InChI=1S/C17H13NO2/c19-16(13-6-2-1-3-7-13)11-18-10-14-8-4-5-9-15(14)17(20)12-18/h1-10,12H,11H2/p+1. The highest BCUT2D eigenvalue weighted by atomic mass is 16.3. The molecule has 0 aliphatic heterocycles. The highest BCUT2D eigenvalue weighted by Gasteiger charge is 2.14. The van der Waals surface area contributed by atoms with Gasteiger partial charge in [-0.3, -0.25) is 4.79 Å². The molecule has 3 nitrogen and oxygen atoms in total. The minimum atomic E-state index is 0.0188. The molecular weight excluding hydrogens is 250 g/mol. The number of fused-ring (bicyclic) bond motifs is 1. The fraction of sp³-hybridized carbons (Fsp3) is 0.0588. The molecule has 98 valence electrons. The van der Waals surface area contributed by atoms with Crippen molar-refractivity contribution in [1.82, 2.24) is 0 Å². The first-order chi connectivity index (χ1) is 9.74. The SMILES string of the molecule is O=C(C[n+]1cc(O)c2ccccc2c1)c1ccccc1. The number of nitrogens with zero attached hydrogens (tertiary/aromatic N) is 1. The molecule has 0 amide bonds. The number of hydrogen-bond donors (Lipinski definition) is 1. The minimum Gasteiger partial charge on any atom is -0.502 e. The Hall–Kier alpha value is -2.68. The quantitative estimate of drug-likeness (QED) is 0.583. The van der Waals surface area contributed by atoms with Gasteiger partial charge in [0.2, 0.25) is 18.5 Å². The lowest BCUT2D eigenvalue weighted by Gasteiger charge is -2.02. The third-order valence-corrected chi connectivity index (χ3v) is 3.25. The topological polar surface area (TPSA) is 41.2 Å². The molecule has 1 heterocycles. The van der Waals surface area contributed by atoms with E-state index in [1.54, 1.807) is 22.9 Å². The molecule has 0 radical (unpaired) electrons. The monoisotopic (exact) mass is 264 g/mol. The molecule has 0 atom stereocenters. The number of carbonyl (C=O) groups excluding carboxylic acids is 1. The van der Waals surface area contributed by atoms with Gasteiger partial charge in [0, 0.05) is 16.3 Å². The van der Waals surface area contributed by atoms with E-state index in [-0.39, 0.29) is 18.1 Å². The summed E-state index contributed by atoms with van der Waals surface area (Å²) in [5, 5.41) is 11.7. The van der Waals surface area contributed by atoms with Crippen LogP contribution in [0.1, 0.15) is 10.4 Å². The number of rotatable bonds is 3. The van der Waals surface area contributed by atoms with Crippen LogP contribution in [0.25, 0.3) is 10.8 Å². The Morgan fingerprint density at radius 1 is 0.950 bits per heavy atom. The Morgan fingerprint density at radius 3 is 2.45 bits per heavy atom. The van der Waals surface area contributed by atoms with Gasteiger partial charge in [0.05, 0.1) is 0 Å². The van der Waals surface area contributed by atoms with Crippen molar-refractivity contribution in [2.45, 2.75) is 6.54 Å². The summed E-state index contributed by atoms with van der Waals surface area (Å²) in [7, 11) is 0. The summed E-state index contributed by atoms with van der Waals surface area (Å²) >= 11 is 0. The van der Waals surface area contributed by atoms with Crippen LogP contribution in [0, 0.1) is 0 Å². The van der Waals surface area contributed by atoms with Crippen molar-refractivity contribution in [3.8, 4) is 5.75 Å². The molecule has 1 aromatic heterocycles. The smallest absolute Gasteiger partial charge is 0.227 e. The van der Waals surface area contributed by atoms with Crippen molar-refractivity contribution in [3.63, 3.8) is 0 Å². The average molecular weight is 264 g/mol. The number of hydrogen-bond acceptors (Lipinski definition) is 2. The fourth-order valence-corrected chi connectivity index (χ4v) is 2.26. The summed E-state index contributed by atoms with van der Waals surface area (Å²) in [6.07, 6.45) is 3.46. The summed E-state index contributed by atoms with van der Waals surface area (Å²) in [6, 6.07) is 16.7. The second kappa shape index (κ2) is 5.13. The summed E-state index contributed by atoms with van der Waals surface area (Å²) in [4.78, 5) is 12.2. The van der Waals surface area contributed by atoms with Crippen LogP contribution in [-0.4, -0.2) is 10.9 Å². The Balaban J connectivity index is 1.94. The molecule has 20 heavy (non-hydrogen) atoms. The number of ketones is 1. The third kappa shape index (κ3) is 2.38.